The molecule has 0 aliphatic heterocycles. The van der Waals surface area contributed by atoms with Gasteiger partial charge >= 0.3 is 0 Å². The van der Waals surface area contributed by atoms with Gasteiger partial charge in [0.2, 0.25) is 11.8 Å². The molecule has 0 unspecified atom stereocenters. The van der Waals surface area contributed by atoms with Crippen molar-refractivity contribution in [2.24, 2.45) is 0 Å². The Morgan fingerprint density at radius 3 is 2.70 bits per heavy atom. The highest BCUT2D eigenvalue weighted by Crippen LogP contribution is 2.29. The van der Waals surface area contributed by atoms with E-state index in [0.717, 1.165) is 5.69 Å². The van der Waals surface area contributed by atoms with Crippen LogP contribution < -0.4 is 10.1 Å². The van der Waals surface area contributed by atoms with E-state index in [-0.39, 0.29) is 5.69 Å². The number of nitro groups is 1. The summed E-state index contributed by atoms with van der Waals surface area (Å²) < 4.78 is 6.10. The van der Waals surface area contributed by atoms with Crippen molar-refractivity contribution in [2.75, 3.05) is 12.4 Å². The molecule has 1 aromatic heterocycles. The van der Waals surface area contributed by atoms with Crippen LogP contribution in [0.25, 0.3) is 0 Å². The van der Waals surface area contributed by atoms with Crippen molar-refractivity contribution in [3.63, 3.8) is 0 Å². The maximum absolute atomic E-state index is 10.8. The molecule has 0 radical (unpaired) electrons. The van der Waals surface area contributed by atoms with E-state index < -0.39 is 4.92 Å². The lowest BCUT2D eigenvalue weighted by Crippen LogP contribution is -2.00. The van der Waals surface area contributed by atoms with Crippen LogP contribution in [0.5, 0.6) is 11.6 Å². The van der Waals surface area contributed by atoms with Crippen molar-refractivity contribution in [3.05, 3.63) is 44.5 Å². The van der Waals surface area contributed by atoms with Gasteiger partial charge in [-0.1, -0.05) is 15.9 Å². The molecule has 0 aliphatic carbocycles. The minimum Gasteiger partial charge on any atom is -0.439 e. The predicted octanol–water partition coefficient (Wildman–Crippen LogP) is 3.29. The van der Waals surface area contributed by atoms with E-state index in [1.807, 2.05) is 0 Å². The smallest absolute Gasteiger partial charge is 0.274 e. The topological polar surface area (TPSA) is 90.2 Å². The Bertz CT molecular complexity index is 663. The van der Waals surface area contributed by atoms with Gasteiger partial charge in [-0.05, 0) is 13.0 Å². The van der Waals surface area contributed by atoms with Crippen LogP contribution in [-0.2, 0) is 0 Å². The molecule has 0 atom stereocenters. The van der Waals surface area contributed by atoms with E-state index in [1.54, 1.807) is 26.1 Å². The minimum atomic E-state index is -0.484. The van der Waals surface area contributed by atoms with Gasteiger partial charge in [0.25, 0.3) is 5.69 Å². The first-order chi connectivity index (χ1) is 9.47. The number of nitrogens with zero attached hydrogens (tertiary/aromatic N) is 3. The third kappa shape index (κ3) is 3.41. The zero-order valence-electron chi connectivity index (χ0n) is 10.8. The fourth-order valence-corrected chi connectivity index (χ4v) is 2.00. The third-order valence-corrected chi connectivity index (χ3v) is 2.80. The molecular weight excluding hydrogens is 328 g/mol. The average molecular weight is 339 g/mol. The van der Waals surface area contributed by atoms with Crippen molar-refractivity contribution >= 4 is 27.6 Å². The second-order valence-electron chi connectivity index (χ2n) is 3.93. The predicted molar refractivity (Wildman–Crippen MR) is 77.2 cm³/mol. The molecule has 0 saturated carbocycles. The summed E-state index contributed by atoms with van der Waals surface area (Å²) in [6.45, 7) is 1.80. The quantitative estimate of drug-likeness (QED) is 0.679. The van der Waals surface area contributed by atoms with Crippen LogP contribution in [0.15, 0.2) is 28.7 Å². The molecular formula is C12H11BrN4O3. The highest BCUT2D eigenvalue weighted by Gasteiger charge is 2.11. The van der Waals surface area contributed by atoms with Crippen LogP contribution in [0.2, 0.25) is 0 Å². The summed E-state index contributed by atoms with van der Waals surface area (Å²) in [4.78, 5) is 18.6. The lowest BCUT2D eigenvalue weighted by atomic mass is 10.3. The van der Waals surface area contributed by atoms with Gasteiger partial charge < -0.3 is 10.1 Å². The lowest BCUT2D eigenvalue weighted by molar-refractivity contribution is -0.385. The number of nitro benzene ring substituents is 1. The summed E-state index contributed by atoms with van der Waals surface area (Å²) in [5, 5.41) is 13.6. The fourth-order valence-electron chi connectivity index (χ4n) is 1.54. The van der Waals surface area contributed by atoms with Gasteiger partial charge in [0, 0.05) is 29.3 Å². The maximum atomic E-state index is 10.8. The van der Waals surface area contributed by atoms with Crippen LogP contribution in [-0.4, -0.2) is 21.9 Å². The van der Waals surface area contributed by atoms with Crippen LogP contribution >= 0.6 is 15.9 Å². The number of hydrogen-bond donors (Lipinski definition) is 1. The SMILES string of the molecule is CNc1nc(C)cc(Oc2cc(Br)cc([N+](=O)[O-])c2)n1. The number of halogens is 1. The number of aryl methyl sites for hydroxylation is 1. The number of non-ortho nitro benzene ring substituents is 1. The van der Waals surface area contributed by atoms with E-state index in [4.69, 9.17) is 4.74 Å². The number of nitrogens with one attached hydrogen (secondary N) is 1. The van der Waals surface area contributed by atoms with Crippen molar-refractivity contribution in [2.45, 2.75) is 6.92 Å². The lowest BCUT2D eigenvalue weighted by Gasteiger charge is -2.07. The Balaban J connectivity index is 2.34. The molecule has 104 valence electrons. The molecule has 2 rings (SSSR count). The number of anilines is 1. The van der Waals surface area contributed by atoms with E-state index in [2.05, 4.69) is 31.2 Å². The van der Waals surface area contributed by atoms with Crippen molar-refractivity contribution in [3.8, 4) is 11.6 Å². The number of hydrogen-bond acceptors (Lipinski definition) is 6. The molecule has 0 saturated heterocycles. The van der Waals surface area contributed by atoms with E-state index >= 15 is 0 Å². The summed E-state index contributed by atoms with van der Waals surface area (Å²) in [6, 6.07) is 6.01. The summed E-state index contributed by atoms with van der Waals surface area (Å²) >= 11 is 3.21. The largest absolute Gasteiger partial charge is 0.439 e. The number of ether oxygens (including phenoxy) is 1. The number of aromatic nitrogens is 2. The van der Waals surface area contributed by atoms with Gasteiger partial charge in [-0.25, -0.2) is 4.98 Å². The zero-order valence-corrected chi connectivity index (χ0v) is 12.3. The minimum absolute atomic E-state index is 0.0611. The zero-order chi connectivity index (χ0) is 14.7. The molecule has 1 N–H and O–H groups in total. The summed E-state index contributed by atoms with van der Waals surface area (Å²) in [6.07, 6.45) is 0. The first kappa shape index (κ1) is 14.2. The average Bonchev–Trinajstić information content (AvgIpc) is 2.37. The standard InChI is InChI=1S/C12H11BrN4O3/c1-7-3-11(16-12(14-2)15-7)20-10-5-8(13)4-9(6-10)17(18)19/h3-6H,1-2H3,(H,14,15,16). The normalized spacial score (nSPS) is 10.2. The first-order valence-corrected chi connectivity index (χ1v) is 6.43. The number of benzene rings is 1. The van der Waals surface area contributed by atoms with Gasteiger partial charge in [0.15, 0.2) is 0 Å². The molecule has 1 aromatic carbocycles. The van der Waals surface area contributed by atoms with Crippen molar-refractivity contribution in [1.82, 2.24) is 9.97 Å². The van der Waals surface area contributed by atoms with Gasteiger partial charge in [0.05, 0.1) is 11.0 Å². The Kier molecular flexibility index (Phi) is 4.14. The molecule has 8 heteroatoms. The van der Waals surface area contributed by atoms with E-state index in [1.165, 1.54) is 12.1 Å². The van der Waals surface area contributed by atoms with Crippen LogP contribution in [0.1, 0.15) is 5.69 Å². The highest BCUT2D eigenvalue weighted by atomic mass is 79.9. The van der Waals surface area contributed by atoms with E-state index in [0.29, 0.717) is 22.1 Å². The molecule has 7 nitrogen and oxygen atoms in total. The third-order valence-electron chi connectivity index (χ3n) is 2.34. The molecule has 20 heavy (non-hydrogen) atoms. The molecule has 0 bridgehead atoms. The molecule has 0 spiro atoms. The summed E-state index contributed by atoms with van der Waals surface area (Å²) in [7, 11) is 1.70. The second-order valence-corrected chi connectivity index (χ2v) is 4.84. The number of rotatable bonds is 4. The van der Waals surface area contributed by atoms with Crippen LogP contribution in [0, 0.1) is 17.0 Å². The first-order valence-electron chi connectivity index (χ1n) is 5.64. The van der Waals surface area contributed by atoms with Crippen LogP contribution in [0.3, 0.4) is 0 Å². The molecule has 0 amide bonds. The van der Waals surface area contributed by atoms with Gasteiger partial charge in [-0.15, -0.1) is 0 Å². The summed E-state index contributed by atoms with van der Waals surface area (Å²) in [5.74, 6) is 1.06. The van der Waals surface area contributed by atoms with Crippen molar-refractivity contribution < 1.29 is 9.66 Å². The van der Waals surface area contributed by atoms with Gasteiger partial charge in [-0.2, -0.15) is 4.98 Å². The molecule has 2 aromatic rings. The summed E-state index contributed by atoms with van der Waals surface area (Å²) in [5.41, 5.74) is 0.665. The van der Waals surface area contributed by atoms with Gasteiger partial charge in [-0.3, -0.25) is 10.1 Å². The molecule has 1 heterocycles. The second kappa shape index (κ2) is 5.83. The van der Waals surface area contributed by atoms with E-state index in [9.17, 15) is 10.1 Å². The monoisotopic (exact) mass is 338 g/mol. The Morgan fingerprint density at radius 1 is 1.30 bits per heavy atom. The fraction of sp³-hybridized carbons (Fsp3) is 0.167. The molecule has 0 aliphatic rings. The Hall–Kier alpha value is -2.22. The van der Waals surface area contributed by atoms with Crippen LogP contribution in [0.4, 0.5) is 11.6 Å². The van der Waals surface area contributed by atoms with Crippen molar-refractivity contribution in [1.29, 1.82) is 0 Å². The molecule has 0 fully saturated rings. The Morgan fingerprint density at radius 2 is 2.05 bits per heavy atom. The highest BCUT2D eigenvalue weighted by molar-refractivity contribution is 9.10. The maximum Gasteiger partial charge on any atom is 0.274 e. The van der Waals surface area contributed by atoms with Gasteiger partial charge in [0.1, 0.15) is 5.75 Å². The Labute approximate surface area is 123 Å².